The van der Waals surface area contributed by atoms with Gasteiger partial charge in [-0.3, -0.25) is 0 Å². The minimum atomic E-state index is -0.555. The number of benzene rings is 1. The summed E-state index contributed by atoms with van der Waals surface area (Å²) in [6.45, 7) is 4.81. The molecular weight excluding hydrogens is 342 g/mol. The van der Waals surface area contributed by atoms with Crippen LogP contribution >= 0.6 is 11.8 Å². The fourth-order valence-electron chi connectivity index (χ4n) is 2.87. The lowest BCUT2D eigenvalue weighted by Gasteiger charge is -2.10. The van der Waals surface area contributed by atoms with Crippen molar-refractivity contribution in [2.75, 3.05) is 11.5 Å². The van der Waals surface area contributed by atoms with E-state index < -0.39 is 11.6 Å². The summed E-state index contributed by atoms with van der Waals surface area (Å²) in [6.07, 6.45) is 3.40. The quantitative estimate of drug-likeness (QED) is 0.523. The highest BCUT2D eigenvalue weighted by atomic mass is 32.2. The summed E-state index contributed by atoms with van der Waals surface area (Å²) in [5.41, 5.74) is 8.75. The van der Waals surface area contributed by atoms with Crippen LogP contribution < -0.4 is 5.73 Å². The number of imidazole rings is 1. The second-order valence-electron chi connectivity index (χ2n) is 5.83. The van der Waals surface area contributed by atoms with Crippen molar-refractivity contribution < 1.29 is 8.78 Å². The Bertz CT molecular complexity index is 908. The molecule has 4 nitrogen and oxygen atoms in total. The maximum Gasteiger partial charge on any atom is 0.151 e. The van der Waals surface area contributed by atoms with E-state index in [0.29, 0.717) is 10.7 Å². The molecule has 3 rings (SSSR count). The molecule has 2 aromatic heterocycles. The topological polar surface area (TPSA) is 56.7 Å². The number of nitrogen functional groups attached to an aromatic ring is 1. The maximum absolute atomic E-state index is 13.7. The van der Waals surface area contributed by atoms with Gasteiger partial charge in [-0.05, 0) is 36.8 Å². The molecule has 0 fully saturated rings. The van der Waals surface area contributed by atoms with E-state index in [0.717, 1.165) is 53.6 Å². The number of hydrogen-bond donors (Lipinski definition) is 1. The van der Waals surface area contributed by atoms with Gasteiger partial charge in [0, 0.05) is 30.1 Å². The van der Waals surface area contributed by atoms with Gasteiger partial charge in [0.1, 0.15) is 23.0 Å². The Morgan fingerprint density at radius 3 is 2.80 bits per heavy atom. The van der Waals surface area contributed by atoms with E-state index in [2.05, 4.69) is 21.5 Å². The molecule has 132 valence electrons. The SMILES string of the molecule is CCc1nc2c(N)ncc(C)c2n1CCCSc1ccc(F)cc1F. The summed E-state index contributed by atoms with van der Waals surface area (Å²) < 4.78 is 28.8. The highest BCUT2D eigenvalue weighted by molar-refractivity contribution is 7.99. The van der Waals surface area contributed by atoms with E-state index in [-0.39, 0.29) is 0 Å². The number of thioether (sulfide) groups is 1. The Balaban J connectivity index is 1.74. The molecule has 0 aliphatic carbocycles. The molecule has 1 aromatic carbocycles. The minimum absolute atomic E-state index is 0.441. The zero-order valence-electron chi connectivity index (χ0n) is 14.2. The van der Waals surface area contributed by atoms with Crippen LogP contribution in [-0.4, -0.2) is 20.3 Å². The van der Waals surface area contributed by atoms with Gasteiger partial charge < -0.3 is 10.3 Å². The Morgan fingerprint density at radius 2 is 2.08 bits per heavy atom. The molecule has 0 saturated heterocycles. The van der Waals surface area contributed by atoms with Gasteiger partial charge in [0.25, 0.3) is 0 Å². The first kappa shape index (κ1) is 17.7. The molecule has 0 atom stereocenters. The summed E-state index contributed by atoms with van der Waals surface area (Å²) in [6, 6.07) is 3.68. The largest absolute Gasteiger partial charge is 0.382 e. The Labute approximate surface area is 149 Å². The Kier molecular flexibility index (Phi) is 5.22. The first-order chi connectivity index (χ1) is 12.0. The van der Waals surface area contributed by atoms with Gasteiger partial charge in [-0.2, -0.15) is 0 Å². The zero-order valence-corrected chi connectivity index (χ0v) is 15.0. The van der Waals surface area contributed by atoms with Crippen molar-refractivity contribution in [3.63, 3.8) is 0 Å². The Hall–Kier alpha value is -2.15. The Morgan fingerprint density at radius 1 is 1.28 bits per heavy atom. The molecule has 25 heavy (non-hydrogen) atoms. The number of hydrogen-bond acceptors (Lipinski definition) is 4. The lowest BCUT2D eigenvalue weighted by Crippen LogP contribution is -2.05. The lowest BCUT2D eigenvalue weighted by molar-refractivity contribution is 0.565. The second-order valence-corrected chi connectivity index (χ2v) is 6.97. The molecule has 2 heterocycles. The minimum Gasteiger partial charge on any atom is -0.382 e. The third-order valence-electron chi connectivity index (χ3n) is 4.05. The number of nitrogens with zero attached hydrogens (tertiary/aromatic N) is 3. The van der Waals surface area contributed by atoms with Crippen LogP contribution in [0, 0.1) is 18.6 Å². The van der Waals surface area contributed by atoms with Crippen molar-refractivity contribution in [3.8, 4) is 0 Å². The molecule has 3 aromatic rings. The number of pyridine rings is 1. The molecule has 2 N–H and O–H groups in total. The average molecular weight is 362 g/mol. The van der Waals surface area contributed by atoms with Crippen molar-refractivity contribution in [2.24, 2.45) is 0 Å². The van der Waals surface area contributed by atoms with Gasteiger partial charge in [0.05, 0.1) is 5.52 Å². The number of anilines is 1. The summed E-state index contributed by atoms with van der Waals surface area (Å²) >= 11 is 1.39. The van der Waals surface area contributed by atoms with Crippen LogP contribution in [0.4, 0.5) is 14.6 Å². The van der Waals surface area contributed by atoms with Crippen molar-refractivity contribution >= 4 is 28.6 Å². The van der Waals surface area contributed by atoms with Crippen LogP contribution in [0.5, 0.6) is 0 Å². The number of rotatable bonds is 6. The first-order valence-corrected chi connectivity index (χ1v) is 9.17. The molecule has 0 aliphatic rings. The monoisotopic (exact) mass is 362 g/mol. The highest BCUT2D eigenvalue weighted by Gasteiger charge is 2.14. The van der Waals surface area contributed by atoms with Crippen LogP contribution in [0.25, 0.3) is 11.0 Å². The van der Waals surface area contributed by atoms with Crippen LogP contribution in [0.3, 0.4) is 0 Å². The van der Waals surface area contributed by atoms with Gasteiger partial charge in [-0.1, -0.05) is 6.92 Å². The predicted octanol–water partition coefficient (Wildman–Crippen LogP) is 4.34. The molecule has 7 heteroatoms. The van der Waals surface area contributed by atoms with Gasteiger partial charge in [-0.25, -0.2) is 18.7 Å². The third kappa shape index (κ3) is 3.61. The fourth-order valence-corrected chi connectivity index (χ4v) is 3.73. The van der Waals surface area contributed by atoms with E-state index in [1.807, 2.05) is 6.92 Å². The van der Waals surface area contributed by atoms with E-state index in [1.165, 1.54) is 23.9 Å². The van der Waals surface area contributed by atoms with Crippen LogP contribution in [0.1, 0.15) is 24.7 Å². The summed E-state index contributed by atoms with van der Waals surface area (Å²) in [5.74, 6) is 1.07. The van der Waals surface area contributed by atoms with Gasteiger partial charge >= 0.3 is 0 Å². The van der Waals surface area contributed by atoms with E-state index in [9.17, 15) is 8.78 Å². The van der Waals surface area contributed by atoms with Crippen molar-refractivity contribution in [3.05, 3.63) is 47.4 Å². The van der Waals surface area contributed by atoms with Crippen molar-refractivity contribution in [1.82, 2.24) is 14.5 Å². The lowest BCUT2D eigenvalue weighted by atomic mass is 10.2. The first-order valence-electron chi connectivity index (χ1n) is 8.19. The zero-order chi connectivity index (χ0) is 18.0. The molecule has 0 amide bonds. The van der Waals surface area contributed by atoms with Crippen molar-refractivity contribution in [1.29, 1.82) is 0 Å². The predicted molar refractivity (Wildman–Crippen MR) is 97.8 cm³/mol. The second kappa shape index (κ2) is 7.39. The molecule has 0 saturated carbocycles. The van der Waals surface area contributed by atoms with Crippen LogP contribution in [-0.2, 0) is 13.0 Å². The van der Waals surface area contributed by atoms with Crippen LogP contribution in [0.2, 0.25) is 0 Å². The number of fused-ring (bicyclic) bond motifs is 1. The molecule has 0 spiro atoms. The summed E-state index contributed by atoms with van der Waals surface area (Å²) in [7, 11) is 0. The standard InChI is InChI=1S/C18H20F2N4S/c1-3-15-23-16-17(11(2)10-22-18(16)21)24(15)7-4-8-25-14-6-5-12(19)9-13(14)20/h5-6,9-10H,3-4,7-8H2,1-2H3,(H2,21,22). The van der Waals surface area contributed by atoms with Crippen molar-refractivity contribution in [2.45, 2.75) is 38.1 Å². The summed E-state index contributed by atoms with van der Waals surface area (Å²) in [5, 5.41) is 0. The van der Waals surface area contributed by atoms with Gasteiger partial charge in [0.15, 0.2) is 5.82 Å². The number of halogens is 2. The molecule has 0 aliphatic heterocycles. The normalized spacial score (nSPS) is 11.4. The van der Waals surface area contributed by atoms with Gasteiger partial charge in [-0.15, -0.1) is 11.8 Å². The average Bonchev–Trinajstić information content (AvgIpc) is 2.96. The summed E-state index contributed by atoms with van der Waals surface area (Å²) in [4.78, 5) is 9.26. The maximum atomic E-state index is 13.7. The molecule has 0 radical (unpaired) electrons. The van der Waals surface area contributed by atoms with Gasteiger partial charge in [0.2, 0.25) is 0 Å². The number of aryl methyl sites for hydroxylation is 3. The molecular formula is C18H20F2N4S. The third-order valence-corrected chi connectivity index (χ3v) is 5.19. The van der Waals surface area contributed by atoms with E-state index in [1.54, 1.807) is 6.20 Å². The van der Waals surface area contributed by atoms with E-state index in [4.69, 9.17) is 5.73 Å². The number of nitrogens with two attached hydrogens (primary N) is 1. The fraction of sp³-hybridized carbons (Fsp3) is 0.333. The highest BCUT2D eigenvalue weighted by Crippen LogP contribution is 2.26. The number of aromatic nitrogens is 3. The smallest absolute Gasteiger partial charge is 0.151 e. The van der Waals surface area contributed by atoms with E-state index >= 15 is 0 Å². The van der Waals surface area contributed by atoms with Crippen LogP contribution in [0.15, 0.2) is 29.3 Å². The molecule has 0 bridgehead atoms. The molecule has 0 unspecified atom stereocenters.